The molecule has 0 aliphatic carbocycles. The van der Waals surface area contributed by atoms with Gasteiger partial charge in [0.2, 0.25) is 0 Å². The van der Waals surface area contributed by atoms with Crippen LogP contribution in [0.2, 0.25) is 0 Å². The van der Waals surface area contributed by atoms with Crippen LogP contribution in [0.3, 0.4) is 0 Å². The Hall–Kier alpha value is -1.46. The van der Waals surface area contributed by atoms with Gasteiger partial charge < -0.3 is 42.0 Å². The van der Waals surface area contributed by atoms with Gasteiger partial charge in [-0.2, -0.15) is 0 Å². The predicted molar refractivity (Wildman–Crippen MR) is 90.5 cm³/mol. The van der Waals surface area contributed by atoms with Crippen molar-refractivity contribution in [3.63, 3.8) is 0 Å². The average Bonchev–Trinajstić information content (AvgIpc) is 2.40. The van der Waals surface area contributed by atoms with Crippen molar-refractivity contribution in [3.8, 4) is 0 Å². The van der Waals surface area contributed by atoms with E-state index in [0.717, 1.165) is 0 Å². The maximum Gasteiger partial charge on any atom is 2.00 e. The first-order valence-corrected chi connectivity index (χ1v) is 8.05. The van der Waals surface area contributed by atoms with Gasteiger partial charge in [-0.05, 0) is 24.3 Å². The third kappa shape index (κ3) is 17.7. The number of hydrogen-bond acceptors (Lipinski definition) is 6. The molecular weight excluding hydrogens is 464 g/mol. The van der Waals surface area contributed by atoms with Gasteiger partial charge in [-0.1, -0.05) is 36.4 Å². The van der Waals surface area contributed by atoms with Crippen LogP contribution in [0, 0.1) is 0 Å². The van der Waals surface area contributed by atoms with Crippen molar-refractivity contribution in [2.24, 2.45) is 0 Å². The van der Waals surface area contributed by atoms with Gasteiger partial charge in [-0.15, -0.1) is 0 Å². The summed E-state index contributed by atoms with van der Waals surface area (Å²) >= 11 is 0. The fraction of sp³-hybridized carbons (Fsp3) is 0. The molecule has 0 spiro atoms. The summed E-state index contributed by atoms with van der Waals surface area (Å²) in [6, 6.07) is 14.4. The van der Waals surface area contributed by atoms with E-state index in [4.69, 9.17) is 0 Å². The summed E-state index contributed by atoms with van der Waals surface area (Å²) in [6.07, 6.45) is 0. The van der Waals surface area contributed by atoms with E-state index in [0.29, 0.717) is 0 Å². The summed E-state index contributed by atoms with van der Waals surface area (Å²) < 4.78 is 61.7. The quantitative estimate of drug-likeness (QED) is 0.303. The van der Waals surface area contributed by atoms with E-state index in [-0.39, 0.29) is 59.7 Å². The van der Waals surface area contributed by atoms with Gasteiger partial charge in [0.25, 0.3) is 0 Å². The summed E-state index contributed by atoms with van der Waals surface area (Å²) in [7, 11) is -8.51. The maximum absolute atomic E-state index is 10.3. The van der Waals surface area contributed by atoms with Crippen LogP contribution in [-0.2, 0) is 37.3 Å². The molecule has 0 saturated heterocycles. The maximum atomic E-state index is 10.3. The molecule has 15 heteroatoms. The van der Waals surface area contributed by atoms with Crippen molar-refractivity contribution in [2.45, 2.75) is 9.79 Å². The van der Waals surface area contributed by atoms with Gasteiger partial charge in [0.1, 0.15) is 20.2 Å². The molecule has 0 fully saturated rings. The largest absolute Gasteiger partial charge is 2.00 e. The molecule has 0 saturated carbocycles. The van der Waals surface area contributed by atoms with Crippen molar-refractivity contribution in [1.29, 1.82) is 0 Å². The van der Waals surface area contributed by atoms with Crippen LogP contribution >= 0.6 is 0 Å². The van der Waals surface area contributed by atoms with Gasteiger partial charge in [-0.3, -0.25) is 0 Å². The van der Waals surface area contributed by atoms with Crippen LogP contribution in [0.15, 0.2) is 70.5 Å². The SMILES string of the molecule is O.O.O.O.O.O.O=S(=O)([O-])c1ccccc1.O=S(=O)([O-])c1ccccc1.[Cu+2]. The molecule has 165 valence electrons. The predicted octanol–water partition coefficient (Wildman–Crippen LogP) is -3.77. The summed E-state index contributed by atoms with van der Waals surface area (Å²) in [5, 5.41) is 0. The van der Waals surface area contributed by atoms with Crippen LogP contribution in [0.25, 0.3) is 0 Å². The van der Waals surface area contributed by atoms with Crippen LogP contribution in [0.1, 0.15) is 0 Å². The fourth-order valence-electron chi connectivity index (χ4n) is 1.17. The molecule has 0 aliphatic rings. The zero-order chi connectivity index (χ0) is 15.2. The van der Waals surface area contributed by atoms with Crippen LogP contribution < -0.4 is 0 Å². The molecule has 0 bridgehead atoms. The average molecular weight is 486 g/mol. The summed E-state index contributed by atoms with van der Waals surface area (Å²) in [4.78, 5) is -0.370. The van der Waals surface area contributed by atoms with Gasteiger partial charge in [0.05, 0.1) is 9.79 Å². The molecule has 0 heterocycles. The summed E-state index contributed by atoms with van der Waals surface area (Å²) in [5.41, 5.74) is 0. The van der Waals surface area contributed by atoms with E-state index in [2.05, 4.69) is 0 Å². The van der Waals surface area contributed by atoms with Crippen LogP contribution in [-0.4, -0.2) is 58.8 Å². The third-order valence-electron chi connectivity index (χ3n) is 2.06. The van der Waals surface area contributed by atoms with E-state index in [1.807, 2.05) is 0 Å². The zero-order valence-corrected chi connectivity index (χ0v) is 15.9. The molecule has 0 unspecified atom stereocenters. The molecule has 0 amide bonds. The Balaban J connectivity index is -0.0000000471. The molecule has 0 aromatic heterocycles. The zero-order valence-electron chi connectivity index (χ0n) is 13.3. The van der Waals surface area contributed by atoms with E-state index < -0.39 is 20.2 Å². The van der Waals surface area contributed by atoms with Crippen LogP contribution in [0.4, 0.5) is 0 Å². The van der Waals surface area contributed by atoms with Gasteiger partial charge in [0.15, 0.2) is 0 Å². The normalized spacial score (nSPS) is 8.37. The molecule has 2 rings (SSSR count). The van der Waals surface area contributed by atoms with E-state index in [9.17, 15) is 25.9 Å². The number of hydrogen-bond donors (Lipinski definition) is 0. The van der Waals surface area contributed by atoms with E-state index in [1.54, 1.807) is 12.1 Å². The summed E-state index contributed by atoms with van der Waals surface area (Å²) in [6.45, 7) is 0. The Kier molecular flexibility index (Phi) is 32.0. The van der Waals surface area contributed by atoms with Crippen molar-refractivity contribution in [1.82, 2.24) is 0 Å². The molecule has 12 N–H and O–H groups in total. The molecule has 27 heavy (non-hydrogen) atoms. The van der Waals surface area contributed by atoms with E-state index >= 15 is 0 Å². The third-order valence-corrected chi connectivity index (χ3v) is 3.76. The minimum Gasteiger partial charge on any atom is -0.744 e. The molecule has 0 atom stereocenters. The Morgan fingerprint density at radius 3 is 0.778 bits per heavy atom. The molecule has 12 nitrogen and oxygen atoms in total. The first-order chi connectivity index (χ1) is 9.21. The second-order valence-corrected chi connectivity index (χ2v) is 6.29. The Bertz CT molecular complexity index is 684. The minimum absolute atomic E-state index is 0. The monoisotopic (exact) mass is 485 g/mol. The Morgan fingerprint density at radius 2 is 0.667 bits per heavy atom. The van der Waals surface area contributed by atoms with Crippen molar-refractivity contribution in [2.75, 3.05) is 0 Å². The topological polar surface area (TPSA) is 303 Å². The first-order valence-electron chi connectivity index (χ1n) is 5.23. The minimum atomic E-state index is -4.25. The van der Waals surface area contributed by atoms with E-state index in [1.165, 1.54) is 48.5 Å². The molecule has 2 aromatic rings. The van der Waals surface area contributed by atoms with Crippen molar-refractivity contribution < 1.29 is 75.9 Å². The molecular formula is C12H22CuO12S2. The standard InChI is InChI=1S/2C6H6O3S.Cu.6H2O/c2*7-10(8,9)6-4-2-1-3-5-6;;;;;;;/h2*1-5H,(H,7,8,9);;6*1H2/q;;+2;;;;;;/p-2. The van der Waals surface area contributed by atoms with Crippen molar-refractivity contribution >= 4 is 20.2 Å². The smallest absolute Gasteiger partial charge is 0.744 e. The van der Waals surface area contributed by atoms with Gasteiger partial charge in [0, 0.05) is 0 Å². The van der Waals surface area contributed by atoms with Gasteiger partial charge >= 0.3 is 17.1 Å². The second kappa shape index (κ2) is 19.3. The van der Waals surface area contributed by atoms with Crippen LogP contribution in [0.5, 0.6) is 0 Å². The molecule has 1 radical (unpaired) electrons. The fourth-order valence-corrected chi connectivity index (χ4v) is 2.16. The second-order valence-electron chi connectivity index (χ2n) is 3.53. The number of benzene rings is 2. The Labute approximate surface area is 166 Å². The molecule has 0 aliphatic heterocycles. The number of rotatable bonds is 2. The molecule has 2 aromatic carbocycles. The van der Waals surface area contributed by atoms with Crippen molar-refractivity contribution in [3.05, 3.63) is 60.7 Å². The Morgan fingerprint density at radius 1 is 0.481 bits per heavy atom. The van der Waals surface area contributed by atoms with Gasteiger partial charge in [-0.25, -0.2) is 16.8 Å². The summed E-state index contributed by atoms with van der Waals surface area (Å²) in [5.74, 6) is 0. The first kappa shape index (κ1) is 44.7.